The van der Waals surface area contributed by atoms with Crippen molar-refractivity contribution in [2.75, 3.05) is 0 Å². The van der Waals surface area contributed by atoms with Gasteiger partial charge in [-0.2, -0.15) is 0 Å². The molecule has 78 valence electrons. The average molecular weight is 182 g/mol. The highest BCUT2D eigenvalue weighted by Crippen LogP contribution is 2.37. The van der Waals surface area contributed by atoms with Crippen molar-refractivity contribution in [1.29, 1.82) is 0 Å². The summed E-state index contributed by atoms with van der Waals surface area (Å²) in [5.74, 6) is 3.79. The van der Waals surface area contributed by atoms with Gasteiger partial charge in [-0.1, -0.05) is 47.0 Å². The van der Waals surface area contributed by atoms with Gasteiger partial charge in [-0.3, -0.25) is 0 Å². The standard InChI is InChI=1S/C13H26/c1-10(2)12-8-6-5-7-9-13(12)11(3)4/h10-13H,5-9H2,1-4H3/t12-,13-/m1/s1. The second kappa shape index (κ2) is 5.02. The van der Waals surface area contributed by atoms with Gasteiger partial charge in [0.15, 0.2) is 0 Å². The molecule has 0 saturated heterocycles. The zero-order valence-corrected chi connectivity index (χ0v) is 9.84. The highest BCUT2D eigenvalue weighted by atomic mass is 14.3. The largest absolute Gasteiger partial charge is 0.0625 e. The lowest BCUT2D eigenvalue weighted by Crippen LogP contribution is -2.23. The Balaban J connectivity index is 2.61. The van der Waals surface area contributed by atoms with Gasteiger partial charge in [-0.15, -0.1) is 0 Å². The van der Waals surface area contributed by atoms with E-state index in [2.05, 4.69) is 27.7 Å². The maximum Gasteiger partial charge on any atom is -0.0360 e. The predicted molar refractivity (Wildman–Crippen MR) is 59.7 cm³/mol. The van der Waals surface area contributed by atoms with E-state index in [0.717, 1.165) is 23.7 Å². The van der Waals surface area contributed by atoms with Gasteiger partial charge in [-0.05, 0) is 36.5 Å². The van der Waals surface area contributed by atoms with Crippen LogP contribution in [0.2, 0.25) is 0 Å². The molecular weight excluding hydrogens is 156 g/mol. The smallest absolute Gasteiger partial charge is 0.0360 e. The third kappa shape index (κ3) is 3.00. The molecule has 1 aliphatic carbocycles. The van der Waals surface area contributed by atoms with Crippen LogP contribution >= 0.6 is 0 Å². The molecule has 0 amide bonds. The van der Waals surface area contributed by atoms with E-state index in [9.17, 15) is 0 Å². The quantitative estimate of drug-likeness (QED) is 0.552. The summed E-state index contributed by atoms with van der Waals surface area (Å²) in [6, 6.07) is 0. The molecule has 0 N–H and O–H groups in total. The molecule has 0 aromatic rings. The van der Waals surface area contributed by atoms with Crippen molar-refractivity contribution in [1.82, 2.24) is 0 Å². The van der Waals surface area contributed by atoms with Crippen molar-refractivity contribution >= 4 is 0 Å². The molecular formula is C13H26. The molecule has 0 spiro atoms. The lowest BCUT2D eigenvalue weighted by Gasteiger charge is -2.31. The van der Waals surface area contributed by atoms with Crippen molar-refractivity contribution in [3.63, 3.8) is 0 Å². The van der Waals surface area contributed by atoms with Crippen LogP contribution in [0, 0.1) is 23.7 Å². The molecule has 2 atom stereocenters. The van der Waals surface area contributed by atoms with Crippen LogP contribution in [-0.2, 0) is 0 Å². The number of hydrogen-bond donors (Lipinski definition) is 0. The van der Waals surface area contributed by atoms with E-state index in [0.29, 0.717) is 0 Å². The molecule has 1 fully saturated rings. The molecule has 13 heavy (non-hydrogen) atoms. The van der Waals surface area contributed by atoms with Crippen molar-refractivity contribution in [3.8, 4) is 0 Å². The minimum Gasteiger partial charge on any atom is -0.0625 e. The van der Waals surface area contributed by atoms with E-state index >= 15 is 0 Å². The van der Waals surface area contributed by atoms with Crippen LogP contribution < -0.4 is 0 Å². The Labute approximate surface area is 84.1 Å². The molecule has 0 bridgehead atoms. The van der Waals surface area contributed by atoms with Crippen LogP contribution in [0.3, 0.4) is 0 Å². The minimum absolute atomic E-state index is 0.894. The van der Waals surface area contributed by atoms with E-state index in [1.54, 1.807) is 0 Å². The first-order valence-electron chi connectivity index (χ1n) is 6.13. The van der Waals surface area contributed by atoms with Crippen LogP contribution in [0.1, 0.15) is 59.8 Å². The highest BCUT2D eigenvalue weighted by Gasteiger charge is 2.27. The van der Waals surface area contributed by atoms with E-state index < -0.39 is 0 Å². The highest BCUT2D eigenvalue weighted by molar-refractivity contribution is 4.78. The lowest BCUT2D eigenvalue weighted by atomic mass is 9.74. The van der Waals surface area contributed by atoms with Crippen LogP contribution in [0.4, 0.5) is 0 Å². The van der Waals surface area contributed by atoms with Gasteiger partial charge < -0.3 is 0 Å². The summed E-state index contributed by atoms with van der Waals surface area (Å²) in [7, 11) is 0. The van der Waals surface area contributed by atoms with Crippen LogP contribution in [0.5, 0.6) is 0 Å². The number of rotatable bonds is 2. The average Bonchev–Trinajstić information content (AvgIpc) is 2.27. The van der Waals surface area contributed by atoms with Crippen LogP contribution in [0.15, 0.2) is 0 Å². The maximum absolute atomic E-state index is 2.41. The summed E-state index contributed by atoms with van der Waals surface area (Å²) < 4.78 is 0. The molecule has 1 rings (SSSR count). The summed E-state index contributed by atoms with van der Waals surface area (Å²) in [6.45, 7) is 9.63. The van der Waals surface area contributed by atoms with Crippen molar-refractivity contribution in [3.05, 3.63) is 0 Å². The second-order valence-electron chi connectivity index (χ2n) is 5.45. The van der Waals surface area contributed by atoms with Crippen molar-refractivity contribution in [2.24, 2.45) is 23.7 Å². The molecule has 0 heterocycles. The molecule has 0 aromatic carbocycles. The van der Waals surface area contributed by atoms with Crippen molar-refractivity contribution < 1.29 is 0 Å². The van der Waals surface area contributed by atoms with Gasteiger partial charge in [0.2, 0.25) is 0 Å². The van der Waals surface area contributed by atoms with Gasteiger partial charge in [0, 0.05) is 0 Å². The van der Waals surface area contributed by atoms with Gasteiger partial charge in [0.25, 0.3) is 0 Å². The fourth-order valence-electron chi connectivity index (χ4n) is 3.02. The third-order valence-corrected chi connectivity index (χ3v) is 3.84. The Hall–Kier alpha value is 0. The Morgan fingerprint density at radius 3 is 1.38 bits per heavy atom. The fraction of sp³-hybridized carbons (Fsp3) is 1.00. The third-order valence-electron chi connectivity index (χ3n) is 3.84. The van der Waals surface area contributed by atoms with E-state index in [1.165, 1.54) is 32.1 Å². The van der Waals surface area contributed by atoms with Gasteiger partial charge in [0.05, 0.1) is 0 Å². The summed E-state index contributed by atoms with van der Waals surface area (Å²) in [5, 5.41) is 0. The van der Waals surface area contributed by atoms with Gasteiger partial charge in [0.1, 0.15) is 0 Å². The Bertz CT molecular complexity index is 119. The molecule has 0 unspecified atom stereocenters. The number of hydrogen-bond acceptors (Lipinski definition) is 0. The van der Waals surface area contributed by atoms with E-state index in [4.69, 9.17) is 0 Å². The summed E-state index contributed by atoms with van der Waals surface area (Å²) >= 11 is 0. The monoisotopic (exact) mass is 182 g/mol. The molecule has 0 aromatic heterocycles. The lowest BCUT2D eigenvalue weighted by molar-refractivity contribution is 0.184. The van der Waals surface area contributed by atoms with E-state index in [1.807, 2.05) is 0 Å². The Kier molecular flexibility index (Phi) is 4.28. The topological polar surface area (TPSA) is 0 Å². The summed E-state index contributed by atoms with van der Waals surface area (Å²) in [4.78, 5) is 0. The Morgan fingerprint density at radius 2 is 1.08 bits per heavy atom. The minimum atomic E-state index is 0.894. The van der Waals surface area contributed by atoms with Crippen LogP contribution in [0.25, 0.3) is 0 Å². The molecule has 0 nitrogen and oxygen atoms in total. The first-order valence-corrected chi connectivity index (χ1v) is 6.13. The molecule has 0 radical (unpaired) electrons. The van der Waals surface area contributed by atoms with E-state index in [-0.39, 0.29) is 0 Å². The van der Waals surface area contributed by atoms with Gasteiger partial charge >= 0.3 is 0 Å². The second-order valence-corrected chi connectivity index (χ2v) is 5.45. The molecule has 1 aliphatic rings. The summed E-state index contributed by atoms with van der Waals surface area (Å²) in [6.07, 6.45) is 7.41. The molecule has 0 aliphatic heterocycles. The first kappa shape index (κ1) is 11.1. The summed E-state index contributed by atoms with van der Waals surface area (Å²) in [5.41, 5.74) is 0. The van der Waals surface area contributed by atoms with Gasteiger partial charge in [-0.25, -0.2) is 0 Å². The zero-order valence-electron chi connectivity index (χ0n) is 9.84. The maximum atomic E-state index is 2.41. The van der Waals surface area contributed by atoms with Crippen LogP contribution in [-0.4, -0.2) is 0 Å². The zero-order chi connectivity index (χ0) is 9.84. The SMILES string of the molecule is CC(C)[C@H]1CCCCC[C@@H]1C(C)C. The normalized spacial score (nSPS) is 30.9. The Morgan fingerprint density at radius 1 is 0.692 bits per heavy atom. The fourth-order valence-corrected chi connectivity index (χ4v) is 3.02. The van der Waals surface area contributed by atoms with Crippen molar-refractivity contribution in [2.45, 2.75) is 59.8 Å². The molecule has 1 saturated carbocycles. The molecule has 0 heteroatoms. The predicted octanol–water partition coefficient (Wildman–Crippen LogP) is 4.49. The first-order chi connectivity index (χ1) is 6.13.